The van der Waals surface area contributed by atoms with Crippen LogP contribution in [0.15, 0.2) is 12.1 Å². The summed E-state index contributed by atoms with van der Waals surface area (Å²) in [5.41, 5.74) is -0.351. The van der Waals surface area contributed by atoms with Crippen LogP contribution in [-0.2, 0) is 5.92 Å². The molecule has 0 heterocycles. The van der Waals surface area contributed by atoms with E-state index in [9.17, 15) is 17.6 Å². The maximum absolute atomic E-state index is 14.2. The number of hydrogen-bond acceptors (Lipinski definition) is 0. The summed E-state index contributed by atoms with van der Waals surface area (Å²) in [5.74, 6) is -5.23. The van der Waals surface area contributed by atoms with Crippen molar-refractivity contribution in [1.82, 2.24) is 0 Å². The van der Waals surface area contributed by atoms with Gasteiger partial charge < -0.3 is 0 Å². The Bertz CT molecular complexity index is 544. The molecule has 1 aromatic rings. The summed E-state index contributed by atoms with van der Waals surface area (Å²) in [6.45, 7) is 2.16. The van der Waals surface area contributed by atoms with Gasteiger partial charge in [0.25, 0.3) is 5.92 Å². The third-order valence-corrected chi connectivity index (χ3v) is 5.53. The molecule has 0 aromatic heterocycles. The Morgan fingerprint density at radius 2 is 1.77 bits per heavy atom. The zero-order valence-electron chi connectivity index (χ0n) is 12.8. The third kappa shape index (κ3) is 2.65. The molecule has 2 aliphatic carbocycles. The van der Waals surface area contributed by atoms with Gasteiger partial charge in [-0.1, -0.05) is 38.7 Å². The van der Waals surface area contributed by atoms with Crippen molar-refractivity contribution < 1.29 is 17.6 Å². The molecule has 0 radical (unpaired) electrons. The highest BCUT2D eigenvalue weighted by atomic mass is 19.3. The van der Waals surface area contributed by atoms with E-state index in [1.54, 1.807) is 0 Å². The Hall–Kier alpha value is -1.06. The summed E-state index contributed by atoms with van der Waals surface area (Å²) < 4.78 is 55.5. The molecule has 0 bridgehead atoms. The van der Waals surface area contributed by atoms with Crippen LogP contribution in [0.4, 0.5) is 17.6 Å². The smallest absolute Gasteiger partial charge is 0.204 e. The maximum atomic E-state index is 14.2. The molecule has 1 fully saturated rings. The molecule has 122 valence electrons. The molecule has 1 saturated carbocycles. The maximum Gasteiger partial charge on any atom is 0.277 e. The zero-order chi connectivity index (χ0) is 15.9. The minimum atomic E-state index is -3.24. The number of rotatable bonds is 3. The van der Waals surface area contributed by atoms with Crippen molar-refractivity contribution in [3.05, 3.63) is 34.9 Å². The molecule has 4 heteroatoms. The number of alkyl halides is 2. The first-order valence-electron chi connectivity index (χ1n) is 8.30. The Kier molecular flexibility index (Phi) is 4.21. The molecule has 1 unspecified atom stereocenters. The van der Waals surface area contributed by atoms with E-state index in [1.165, 1.54) is 12.5 Å². The summed E-state index contributed by atoms with van der Waals surface area (Å²) >= 11 is 0. The van der Waals surface area contributed by atoms with E-state index in [2.05, 4.69) is 6.92 Å². The monoisotopic (exact) mass is 314 g/mol. The number of halogens is 4. The SMILES string of the molecule is CCCC1CCC(C2CC(F)(F)c3c2ccc(F)c3F)CC1. The Labute approximate surface area is 128 Å². The molecule has 22 heavy (non-hydrogen) atoms. The standard InChI is InChI=1S/C18H22F4/c1-2-3-11-4-6-12(7-5-11)14-10-18(21,22)16-13(14)8-9-15(19)17(16)20/h8-9,11-12,14H,2-7,10H2,1H3. The Morgan fingerprint density at radius 1 is 1.09 bits per heavy atom. The van der Waals surface area contributed by atoms with Gasteiger partial charge in [0.15, 0.2) is 11.6 Å². The number of fused-ring (bicyclic) bond motifs is 1. The minimum absolute atomic E-state index is 0.171. The highest BCUT2D eigenvalue weighted by molar-refractivity contribution is 5.41. The van der Waals surface area contributed by atoms with Gasteiger partial charge in [0, 0.05) is 6.42 Å². The molecule has 3 rings (SSSR count). The lowest BCUT2D eigenvalue weighted by atomic mass is 9.73. The van der Waals surface area contributed by atoms with E-state index in [4.69, 9.17) is 0 Å². The molecule has 0 amide bonds. The Morgan fingerprint density at radius 3 is 2.41 bits per heavy atom. The van der Waals surface area contributed by atoms with Gasteiger partial charge in [-0.25, -0.2) is 17.6 Å². The highest BCUT2D eigenvalue weighted by Crippen LogP contribution is 2.55. The molecule has 1 atom stereocenters. The third-order valence-electron chi connectivity index (χ3n) is 5.53. The quantitative estimate of drug-likeness (QED) is 0.587. The van der Waals surface area contributed by atoms with Crippen LogP contribution in [0.1, 0.15) is 68.9 Å². The summed E-state index contributed by atoms with van der Waals surface area (Å²) in [6, 6.07) is 2.36. The van der Waals surface area contributed by atoms with Crippen LogP contribution < -0.4 is 0 Å². The molecular formula is C18H22F4. The highest BCUT2D eigenvalue weighted by Gasteiger charge is 2.50. The predicted octanol–water partition coefficient (Wildman–Crippen LogP) is 6.15. The lowest BCUT2D eigenvalue weighted by Gasteiger charge is -2.32. The van der Waals surface area contributed by atoms with E-state index in [-0.39, 0.29) is 18.3 Å². The van der Waals surface area contributed by atoms with Crippen LogP contribution in [0, 0.1) is 23.5 Å². The molecule has 0 nitrogen and oxygen atoms in total. The van der Waals surface area contributed by atoms with Gasteiger partial charge in [-0.05, 0) is 42.2 Å². The van der Waals surface area contributed by atoms with Crippen LogP contribution in [0.25, 0.3) is 0 Å². The van der Waals surface area contributed by atoms with Crippen molar-refractivity contribution in [3.8, 4) is 0 Å². The van der Waals surface area contributed by atoms with E-state index in [1.807, 2.05) is 0 Å². The average molecular weight is 314 g/mol. The number of hydrogen-bond donors (Lipinski definition) is 0. The first kappa shape index (κ1) is 15.8. The first-order valence-corrected chi connectivity index (χ1v) is 8.30. The van der Waals surface area contributed by atoms with Gasteiger partial charge in [-0.2, -0.15) is 0 Å². The second-order valence-electron chi connectivity index (χ2n) is 6.91. The van der Waals surface area contributed by atoms with Crippen molar-refractivity contribution >= 4 is 0 Å². The van der Waals surface area contributed by atoms with Crippen molar-refractivity contribution in [3.63, 3.8) is 0 Å². The van der Waals surface area contributed by atoms with E-state index >= 15 is 0 Å². The van der Waals surface area contributed by atoms with Crippen molar-refractivity contribution in [2.75, 3.05) is 0 Å². The molecule has 0 aliphatic heterocycles. The summed E-state index contributed by atoms with van der Waals surface area (Å²) in [4.78, 5) is 0. The average Bonchev–Trinajstić information content (AvgIpc) is 2.76. The van der Waals surface area contributed by atoms with Crippen molar-refractivity contribution in [1.29, 1.82) is 0 Å². The molecular weight excluding hydrogens is 292 g/mol. The van der Waals surface area contributed by atoms with Crippen LogP contribution in [-0.4, -0.2) is 0 Å². The molecule has 1 aromatic carbocycles. The van der Waals surface area contributed by atoms with Gasteiger partial charge in [0.1, 0.15) is 0 Å². The van der Waals surface area contributed by atoms with Gasteiger partial charge in [0.05, 0.1) is 5.56 Å². The summed E-state index contributed by atoms with van der Waals surface area (Å²) in [6.07, 6.45) is 5.97. The molecule has 0 N–H and O–H groups in total. The van der Waals surface area contributed by atoms with Crippen molar-refractivity contribution in [2.24, 2.45) is 11.8 Å². The fraction of sp³-hybridized carbons (Fsp3) is 0.667. The largest absolute Gasteiger partial charge is 0.277 e. The van der Waals surface area contributed by atoms with E-state index < -0.39 is 23.1 Å². The molecule has 2 aliphatic rings. The minimum Gasteiger partial charge on any atom is -0.204 e. The lowest BCUT2D eigenvalue weighted by Crippen LogP contribution is -2.20. The molecule has 0 saturated heterocycles. The van der Waals surface area contributed by atoms with Gasteiger partial charge >= 0.3 is 0 Å². The fourth-order valence-electron chi connectivity index (χ4n) is 4.44. The first-order chi connectivity index (χ1) is 10.4. The van der Waals surface area contributed by atoms with E-state index in [0.717, 1.165) is 38.2 Å². The molecule has 0 spiro atoms. The van der Waals surface area contributed by atoms with Gasteiger partial charge in [-0.3, -0.25) is 0 Å². The fourth-order valence-corrected chi connectivity index (χ4v) is 4.44. The van der Waals surface area contributed by atoms with Crippen LogP contribution in [0.5, 0.6) is 0 Å². The normalized spacial score (nSPS) is 30.3. The second-order valence-corrected chi connectivity index (χ2v) is 6.91. The lowest BCUT2D eigenvalue weighted by molar-refractivity contribution is -0.0157. The summed E-state index contributed by atoms with van der Waals surface area (Å²) in [7, 11) is 0. The van der Waals surface area contributed by atoms with Crippen LogP contribution in [0.2, 0.25) is 0 Å². The van der Waals surface area contributed by atoms with Crippen molar-refractivity contribution in [2.45, 2.75) is 63.7 Å². The predicted molar refractivity (Wildman–Crippen MR) is 78.0 cm³/mol. The summed E-state index contributed by atoms with van der Waals surface area (Å²) in [5, 5.41) is 0. The Balaban J connectivity index is 1.83. The van der Waals surface area contributed by atoms with Crippen LogP contribution >= 0.6 is 0 Å². The van der Waals surface area contributed by atoms with Crippen LogP contribution in [0.3, 0.4) is 0 Å². The second kappa shape index (κ2) is 5.86. The topological polar surface area (TPSA) is 0 Å². The number of benzene rings is 1. The zero-order valence-corrected chi connectivity index (χ0v) is 12.8. The van der Waals surface area contributed by atoms with E-state index in [0.29, 0.717) is 11.5 Å². The van der Waals surface area contributed by atoms with Gasteiger partial charge in [0.2, 0.25) is 0 Å². The van der Waals surface area contributed by atoms with Gasteiger partial charge in [-0.15, -0.1) is 0 Å².